The molecule has 27 heavy (non-hydrogen) atoms. The van der Waals surface area contributed by atoms with Gasteiger partial charge in [0.2, 0.25) is 0 Å². The zero-order chi connectivity index (χ0) is 18.5. The highest BCUT2D eigenvalue weighted by atomic mass is 32.2. The van der Waals surface area contributed by atoms with Crippen molar-refractivity contribution < 1.29 is 0 Å². The number of rotatable bonds is 7. The quantitative estimate of drug-likeness (QED) is 0.250. The Morgan fingerprint density at radius 1 is 0.852 bits per heavy atom. The van der Waals surface area contributed by atoms with Gasteiger partial charge in [-0.25, -0.2) is 15.0 Å². The molecule has 0 aliphatic heterocycles. The largest absolute Gasteiger partial charge is 0.326 e. The van der Waals surface area contributed by atoms with Gasteiger partial charge in [0.15, 0.2) is 5.16 Å². The molecule has 0 fully saturated rings. The Labute approximate surface area is 167 Å². The SMILES string of the molecule is Cc1c(Cn2cnc3ccccc32)cccc1SCCSc1ncccn1. The number of aromatic nitrogens is 4. The molecule has 0 saturated heterocycles. The van der Waals surface area contributed by atoms with Gasteiger partial charge >= 0.3 is 0 Å². The second-order valence-electron chi connectivity index (χ2n) is 6.13. The van der Waals surface area contributed by atoms with Gasteiger partial charge in [-0.3, -0.25) is 0 Å². The Balaban J connectivity index is 1.41. The molecule has 0 aliphatic carbocycles. The van der Waals surface area contributed by atoms with Gasteiger partial charge in [0.1, 0.15) is 0 Å². The highest BCUT2D eigenvalue weighted by Crippen LogP contribution is 2.27. The summed E-state index contributed by atoms with van der Waals surface area (Å²) in [4.78, 5) is 14.3. The Bertz CT molecular complexity index is 1030. The molecule has 4 rings (SSSR count). The highest BCUT2D eigenvalue weighted by Gasteiger charge is 2.08. The fourth-order valence-corrected chi connectivity index (χ4v) is 4.81. The predicted octanol–water partition coefficient (Wildman–Crippen LogP) is 5.07. The first-order chi connectivity index (χ1) is 13.3. The Kier molecular flexibility index (Phi) is 5.75. The summed E-state index contributed by atoms with van der Waals surface area (Å²) in [5, 5.41) is 0.843. The number of fused-ring (bicyclic) bond motifs is 1. The maximum absolute atomic E-state index is 4.50. The second kappa shape index (κ2) is 8.59. The molecule has 4 nitrogen and oxygen atoms in total. The van der Waals surface area contributed by atoms with E-state index < -0.39 is 0 Å². The molecule has 2 aromatic heterocycles. The maximum Gasteiger partial charge on any atom is 0.187 e. The van der Waals surface area contributed by atoms with E-state index >= 15 is 0 Å². The fraction of sp³-hybridized carbons (Fsp3) is 0.190. The average molecular weight is 393 g/mol. The van der Waals surface area contributed by atoms with Crippen molar-refractivity contribution in [2.24, 2.45) is 0 Å². The Morgan fingerprint density at radius 3 is 2.56 bits per heavy atom. The van der Waals surface area contributed by atoms with Gasteiger partial charge in [-0.15, -0.1) is 11.8 Å². The number of nitrogens with zero attached hydrogens (tertiary/aromatic N) is 4. The molecule has 4 aromatic rings. The molecule has 0 unspecified atom stereocenters. The van der Waals surface area contributed by atoms with Crippen LogP contribution in [0.1, 0.15) is 11.1 Å². The zero-order valence-corrected chi connectivity index (χ0v) is 16.7. The topological polar surface area (TPSA) is 43.6 Å². The number of hydrogen-bond donors (Lipinski definition) is 0. The monoisotopic (exact) mass is 392 g/mol. The van der Waals surface area contributed by atoms with Crippen molar-refractivity contribution in [3.8, 4) is 0 Å². The lowest BCUT2D eigenvalue weighted by Gasteiger charge is -2.12. The molecule has 0 bridgehead atoms. The van der Waals surface area contributed by atoms with Gasteiger partial charge in [-0.2, -0.15) is 0 Å². The molecule has 0 spiro atoms. The van der Waals surface area contributed by atoms with Crippen LogP contribution in [0.2, 0.25) is 0 Å². The first kappa shape index (κ1) is 18.1. The van der Waals surface area contributed by atoms with Crippen LogP contribution in [0.15, 0.2) is 77.3 Å². The molecule has 2 heterocycles. The molecule has 0 N–H and O–H groups in total. The minimum Gasteiger partial charge on any atom is -0.326 e. The minimum atomic E-state index is 0.841. The van der Waals surface area contributed by atoms with E-state index in [1.165, 1.54) is 21.5 Å². The summed E-state index contributed by atoms with van der Waals surface area (Å²) < 4.78 is 2.22. The number of hydrogen-bond acceptors (Lipinski definition) is 5. The molecule has 6 heteroatoms. The molecule has 0 aliphatic rings. The number of benzene rings is 2. The molecule has 0 amide bonds. The van der Waals surface area contributed by atoms with E-state index in [0.29, 0.717) is 0 Å². The number of para-hydroxylation sites is 2. The molecular weight excluding hydrogens is 372 g/mol. The summed E-state index contributed by atoms with van der Waals surface area (Å²) in [5.74, 6) is 2.02. The summed E-state index contributed by atoms with van der Waals surface area (Å²) in [6.45, 7) is 3.05. The summed E-state index contributed by atoms with van der Waals surface area (Å²) >= 11 is 3.59. The lowest BCUT2D eigenvalue weighted by molar-refractivity contribution is 0.814. The summed E-state index contributed by atoms with van der Waals surface area (Å²) in [6, 6.07) is 16.7. The number of thioether (sulfide) groups is 2. The van der Waals surface area contributed by atoms with Gasteiger partial charge in [0.05, 0.1) is 17.4 Å². The Morgan fingerprint density at radius 2 is 1.67 bits per heavy atom. The van der Waals surface area contributed by atoms with Crippen molar-refractivity contribution in [1.82, 2.24) is 19.5 Å². The first-order valence-corrected chi connectivity index (χ1v) is 10.8. The Hall–Kier alpha value is -2.31. The third kappa shape index (κ3) is 4.34. The van der Waals surface area contributed by atoms with E-state index in [1.54, 1.807) is 24.2 Å². The van der Waals surface area contributed by atoms with Crippen molar-refractivity contribution in [3.63, 3.8) is 0 Å². The van der Waals surface area contributed by atoms with Gasteiger partial charge in [0.25, 0.3) is 0 Å². The minimum absolute atomic E-state index is 0.841. The lowest BCUT2D eigenvalue weighted by Crippen LogP contribution is -2.01. The van der Waals surface area contributed by atoms with Crippen LogP contribution >= 0.6 is 23.5 Å². The molecule has 0 radical (unpaired) electrons. The molecule has 0 saturated carbocycles. The van der Waals surface area contributed by atoms with Crippen LogP contribution in [0.5, 0.6) is 0 Å². The van der Waals surface area contributed by atoms with Crippen LogP contribution in [-0.4, -0.2) is 31.0 Å². The third-order valence-electron chi connectivity index (χ3n) is 4.38. The van der Waals surface area contributed by atoms with Gasteiger partial charge < -0.3 is 4.57 Å². The van der Waals surface area contributed by atoms with E-state index in [9.17, 15) is 0 Å². The average Bonchev–Trinajstić information content (AvgIpc) is 3.12. The summed E-state index contributed by atoms with van der Waals surface area (Å²) in [6.07, 6.45) is 5.51. The van der Waals surface area contributed by atoms with Crippen LogP contribution < -0.4 is 0 Å². The van der Waals surface area contributed by atoms with E-state index in [-0.39, 0.29) is 0 Å². The summed E-state index contributed by atoms with van der Waals surface area (Å²) in [5.41, 5.74) is 4.90. The third-order valence-corrected chi connectivity index (χ3v) is 6.68. The highest BCUT2D eigenvalue weighted by molar-refractivity contribution is 8.02. The van der Waals surface area contributed by atoms with Crippen molar-refractivity contribution in [2.75, 3.05) is 11.5 Å². The van der Waals surface area contributed by atoms with Crippen LogP contribution in [0.25, 0.3) is 11.0 Å². The zero-order valence-electron chi connectivity index (χ0n) is 15.1. The maximum atomic E-state index is 4.50. The van der Waals surface area contributed by atoms with Crippen molar-refractivity contribution in [3.05, 3.63) is 78.4 Å². The van der Waals surface area contributed by atoms with Crippen LogP contribution in [0, 0.1) is 6.92 Å². The molecule has 0 atom stereocenters. The van der Waals surface area contributed by atoms with Crippen LogP contribution in [-0.2, 0) is 6.54 Å². The second-order valence-corrected chi connectivity index (χ2v) is 8.33. The van der Waals surface area contributed by atoms with Crippen molar-refractivity contribution in [2.45, 2.75) is 23.5 Å². The van der Waals surface area contributed by atoms with Gasteiger partial charge in [-0.05, 0) is 42.3 Å². The molecular formula is C21H20N4S2. The first-order valence-electron chi connectivity index (χ1n) is 8.82. The summed E-state index contributed by atoms with van der Waals surface area (Å²) in [7, 11) is 0. The van der Waals surface area contributed by atoms with Crippen molar-refractivity contribution in [1.29, 1.82) is 0 Å². The van der Waals surface area contributed by atoms with Gasteiger partial charge in [-0.1, -0.05) is 36.0 Å². The van der Waals surface area contributed by atoms with E-state index in [4.69, 9.17) is 0 Å². The van der Waals surface area contributed by atoms with Crippen molar-refractivity contribution >= 4 is 34.6 Å². The number of imidazole rings is 1. The van der Waals surface area contributed by atoms with Crippen LogP contribution in [0.3, 0.4) is 0 Å². The molecule has 136 valence electrons. The van der Waals surface area contributed by atoms with Crippen LogP contribution in [0.4, 0.5) is 0 Å². The standard InChI is InChI=1S/C21H20N4S2/c1-16-17(14-25-15-24-18-7-2-3-8-19(18)25)6-4-9-20(16)26-12-13-27-21-22-10-5-11-23-21/h2-11,15H,12-14H2,1H3. The molecule has 2 aromatic carbocycles. The lowest BCUT2D eigenvalue weighted by atomic mass is 10.1. The van der Waals surface area contributed by atoms with E-state index in [0.717, 1.165) is 28.7 Å². The van der Waals surface area contributed by atoms with Gasteiger partial charge in [0, 0.05) is 35.3 Å². The van der Waals surface area contributed by atoms with E-state index in [1.807, 2.05) is 30.2 Å². The van der Waals surface area contributed by atoms with E-state index in [2.05, 4.69) is 62.8 Å². The normalized spacial score (nSPS) is 11.1. The smallest absolute Gasteiger partial charge is 0.187 e. The fourth-order valence-electron chi connectivity index (χ4n) is 2.95. The predicted molar refractivity (Wildman–Crippen MR) is 113 cm³/mol.